The Hall–Kier alpha value is -3.90. The van der Waals surface area contributed by atoms with E-state index in [1.165, 1.54) is 11.3 Å². The molecule has 0 saturated heterocycles. The highest BCUT2D eigenvalue weighted by Crippen LogP contribution is 2.26. The van der Waals surface area contributed by atoms with Crippen molar-refractivity contribution >= 4 is 5.97 Å². The number of hydrogen-bond acceptors (Lipinski definition) is 4. The van der Waals surface area contributed by atoms with Crippen molar-refractivity contribution in [3.8, 4) is 17.0 Å². The number of carbonyl (C=O) groups is 1. The van der Waals surface area contributed by atoms with E-state index in [0.29, 0.717) is 18.7 Å². The van der Waals surface area contributed by atoms with Crippen LogP contribution in [-0.4, -0.2) is 32.6 Å². The SMILES string of the molecule is CCCCn1cnc(-c2ccccc2)c1CN(Cc1ccc(OC)cc1)Cc1ccc(C(=O)O)cc1. The third-order valence-corrected chi connectivity index (χ3v) is 6.29. The third kappa shape index (κ3) is 6.40. The maximum absolute atomic E-state index is 11.3. The van der Waals surface area contributed by atoms with Gasteiger partial charge in [-0.05, 0) is 41.8 Å². The lowest BCUT2D eigenvalue weighted by molar-refractivity contribution is 0.0697. The molecular formula is C30H33N3O3. The zero-order valence-electron chi connectivity index (χ0n) is 20.9. The first kappa shape index (κ1) is 25.2. The van der Waals surface area contributed by atoms with Gasteiger partial charge in [0.05, 0.1) is 30.4 Å². The second-order valence-corrected chi connectivity index (χ2v) is 8.95. The number of aromatic carboxylic acids is 1. The van der Waals surface area contributed by atoms with Gasteiger partial charge in [0.1, 0.15) is 5.75 Å². The van der Waals surface area contributed by atoms with Gasteiger partial charge in [-0.25, -0.2) is 9.78 Å². The highest BCUT2D eigenvalue weighted by atomic mass is 16.5. The fourth-order valence-electron chi connectivity index (χ4n) is 4.31. The number of benzene rings is 3. The molecule has 0 saturated carbocycles. The van der Waals surface area contributed by atoms with E-state index in [9.17, 15) is 9.90 Å². The number of hydrogen-bond donors (Lipinski definition) is 1. The van der Waals surface area contributed by atoms with E-state index in [2.05, 4.69) is 40.7 Å². The van der Waals surface area contributed by atoms with Gasteiger partial charge in [0.2, 0.25) is 0 Å². The van der Waals surface area contributed by atoms with Gasteiger partial charge in [0.15, 0.2) is 0 Å². The predicted molar refractivity (Wildman–Crippen MR) is 142 cm³/mol. The van der Waals surface area contributed by atoms with Crippen LogP contribution in [0.15, 0.2) is 85.2 Å². The number of aryl methyl sites for hydroxylation is 1. The van der Waals surface area contributed by atoms with Crippen LogP contribution in [-0.2, 0) is 26.2 Å². The van der Waals surface area contributed by atoms with Gasteiger partial charge in [-0.3, -0.25) is 4.90 Å². The number of nitrogens with zero attached hydrogens (tertiary/aromatic N) is 3. The Morgan fingerprint density at radius 3 is 2.14 bits per heavy atom. The molecule has 36 heavy (non-hydrogen) atoms. The molecular weight excluding hydrogens is 450 g/mol. The number of unbranched alkanes of at least 4 members (excludes halogenated alkanes) is 1. The molecule has 0 aliphatic carbocycles. The quantitative estimate of drug-likeness (QED) is 0.258. The van der Waals surface area contributed by atoms with Crippen LogP contribution in [0.2, 0.25) is 0 Å². The van der Waals surface area contributed by atoms with Crippen LogP contribution in [0.25, 0.3) is 11.3 Å². The van der Waals surface area contributed by atoms with Crippen LogP contribution in [0.1, 0.15) is 46.9 Å². The van der Waals surface area contributed by atoms with E-state index in [0.717, 1.165) is 48.5 Å². The topological polar surface area (TPSA) is 67.6 Å². The van der Waals surface area contributed by atoms with Crippen LogP contribution < -0.4 is 4.74 Å². The monoisotopic (exact) mass is 483 g/mol. The minimum atomic E-state index is -0.913. The van der Waals surface area contributed by atoms with Crippen molar-refractivity contribution in [1.29, 1.82) is 0 Å². The summed E-state index contributed by atoms with van der Waals surface area (Å²) in [7, 11) is 1.67. The molecule has 0 aliphatic heterocycles. The van der Waals surface area contributed by atoms with Crippen molar-refractivity contribution in [2.45, 2.75) is 45.9 Å². The summed E-state index contributed by atoms with van der Waals surface area (Å²) in [6.45, 7) is 5.25. The van der Waals surface area contributed by atoms with Crippen LogP contribution in [0.4, 0.5) is 0 Å². The largest absolute Gasteiger partial charge is 0.497 e. The smallest absolute Gasteiger partial charge is 0.335 e. The van der Waals surface area contributed by atoms with Crippen molar-refractivity contribution in [1.82, 2.24) is 14.5 Å². The fourth-order valence-corrected chi connectivity index (χ4v) is 4.31. The number of carboxylic acids is 1. The van der Waals surface area contributed by atoms with Gasteiger partial charge in [0, 0.05) is 31.7 Å². The van der Waals surface area contributed by atoms with E-state index >= 15 is 0 Å². The molecule has 1 aromatic heterocycles. The van der Waals surface area contributed by atoms with E-state index in [-0.39, 0.29) is 0 Å². The number of rotatable bonds is 12. The molecule has 0 radical (unpaired) electrons. The molecule has 0 bridgehead atoms. The van der Waals surface area contributed by atoms with Gasteiger partial charge in [0.25, 0.3) is 0 Å². The molecule has 0 aliphatic rings. The number of ether oxygens (including phenoxy) is 1. The molecule has 3 aromatic carbocycles. The van der Waals surface area contributed by atoms with Crippen molar-refractivity contribution < 1.29 is 14.6 Å². The molecule has 186 valence electrons. The van der Waals surface area contributed by atoms with Gasteiger partial charge >= 0.3 is 5.97 Å². The van der Waals surface area contributed by atoms with Crippen LogP contribution in [0.3, 0.4) is 0 Å². The molecule has 1 heterocycles. The minimum absolute atomic E-state index is 0.296. The second-order valence-electron chi connectivity index (χ2n) is 8.95. The zero-order chi connectivity index (χ0) is 25.3. The van der Waals surface area contributed by atoms with Crippen molar-refractivity contribution in [3.05, 3.63) is 108 Å². The normalized spacial score (nSPS) is 11.1. The minimum Gasteiger partial charge on any atom is -0.497 e. The summed E-state index contributed by atoms with van der Waals surface area (Å²) in [5.74, 6) is -0.0810. The summed E-state index contributed by atoms with van der Waals surface area (Å²) >= 11 is 0. The van der Waals surface area contributed by atoms with E-state index < -0.39 is 5.97 Å². The summed E-state index contributed by atoms with van der Waals surface area (Å²) in [6, 6.07) is 25.6. The molecule has 0 unspecified atom stereocenters. The number of carboxylic acid groups (broad SMARTS) is 1. The lowest BCUT2D eigenvalue weighted by Crippen LogP contribution is -2.24. The van der Waals surface area contributed by atoms with Crippen LogP contribution in [0.5, 0.6) is 5.75 Å². The Morgan fingerprint density at radius 1 is 0.917 bits per heavy atom. The first-order valence-corrected chi connectivity index (χ1v) is 12.3. The summed E-state index contributed by atoms with van der Waals surface area (Å²) in [4.78, 5) is 18.5. The highest BCUT2D eigenvalue weighted by Gasteiger charge is 2.18. The van der Waals surface area contributed by atoms with Crippen molar-refractivity contribution in [2.75, 3.05) is 7.11 Å². The van der Waals surface area contributed by atoms with Gasteiger partial charge in [-0.15, -0.1) is 0 Å². The van der Waals surface area contributed by atoms with E-state index in [4.69, 9.17) is 9.72 Å². The lowest BCUT2D eigenvalue weighted by atomic mass is 10.1. The van der Waals surface area contributed by atoms with Crippen molar-refractivity contribution in [2.24, 2.45) is 0 Å². The van der Waals surface area contributed by atoms with Gasteiger partial charge in [-0.1, -0.05) is 67.9 Å². The highest BCUT2D eigenvalue weighted by molar-refractivity contribution is 5.87. The lowest BCUT2D eigenvalue weighted by Gasteiger charge is -2.24. The Bertz CT molecular complexity index is 1250. The number of methoxy groups -OCH3 is 1. The average Bonchev–Trinajstić information content (AvgIpc) is 3.30. The van der Waals surface area contributed by atoms with E-state index in [1.807, 2.05) is 48.8 Å². The summed E-state index contributed by atoms with van der Waals surface area (Å²) < 4.78 is 7.61. The molecule has 0 amide bonds. The third-order valence-electron chi connectivity index (χ3n) is 6.29. The Kier molecular flexibility index (Phi) is 8.53. The van der Waals surface area contributed by atoms with Crippen LogP contribution in [0, 0.1) is 0 Å². The average molecular weight is 484 g/mol. The Balaban J connectivity index is 1.66. The molecule has 0 spiro atoms. The molecule has 0 atom stereocenters. The zero-order valence-corrected chi connectivity index (χ0v) is 20.9. The molecule has 4 rings (SSSR count). The first-order valence-electron chi connectivity index (χ1n) is 12.3. The van der Waals surface area contributed by atoms with Gasteiger partial charge < -0.3 is 14.4 Å². The van der Waals surface area contributed by atoms with Gasteiger partial charge in [-0.2, -0.15) is 0 Å². The summed E-state index contributed by atoms with van der Waals surface area (Å²) in [6.07, 6.45) is 4.16. The Morgan fingerprint density at radius 2 is 1.56 bits per heavy atom. The second kappa shape index (κ2) is 12.2. The molecule has 4 aromatic rings. The molecule has 1 N–H and O–H groups in total. The Labute approximate surface area is 212 Å². The van der Waals surface area contributed by atoms with Crippen molar-refractivity contribution in [3.63, 3.8) is 0 Å². The first-order chi connectivity index (χ1) is 17.6. The summed E-state index contributed by atoms with van der Waals surface area (Å²) in [5, 5.41) is 9.28. The molecule has 0 fully saturated rings. The summed E-state index contributed by atoms with van der Waals surface area (Å²) in [5.41, 5.74) is 5.84. The van der Waals surface area contributed by atoms with E-state index in [1.54, 1.807) is 19.2 Å². The molecule has 6 heteroatoms. The standard InChI is InChI=1S/C30H33N3O3/c1-3-4-18-33-22-31-29(25-8-6-5-7-9-25)28(33)21-32(20-24-12-16-27(36-2)17-13-24)19-23-10-14-26(15-11-23)30(34)35/h5-17,22H,3-4,18-21H2,1-2H3,(H,34,35). The predicted octanol–water partition coefficient (Wildman–Crippen LogP) is 6.26. The fraction of sp³-hybridized carbons (Fsp3) is 0.267. The maximum atomic E-state index is 11.3. The van der Waals surface area contributed by atoms with Crippen LogP contribution >= 0.6 is 0 Å². The maximum Gasteiger partial charge on any atom is 0.335 e. The number of imidazole rings is 1. The molecule has 6 nitrogen and oxygen atoms in total. The number of aromatic nitrogens is 2.